The molecule has 1 atom stereocenters. The number of benzene rings is 2. The second kappa shape index (κ2) is 6.49. The fourth-order valence-corrected chi connectivity index (χ4v) is 2.40. The van der Waals surface area contributed by atoms with E-state index in [-0.39, 0.29) is 11.9 Å². The Morgan fingerprint density at radius 1 is 1.00 bits per heavy atom. The minimum Gasteiger partial charge on any atom is -0.345 e. The quantitative estimate of drug-likeness (QED) is 0.830. The fraction of sp³-hybridized carbons (Fsp3) is 0.133. The second-order valence-electron chi connectivity index (χ2n) is 4.37. The number of hydrogen-bond acceptors (Lipinski definition) is 1. The Labute approximate surface area is 132 Å². The van der Waals surface area contributed by atoms with Gasteiger partial charge in [0.05, 0.1) is 16.6 Å². The van der Waals surface area contributed by atoms with Crippen LogP contribution in [-0.4, -0.2) is 5.91 Å². The summed E-state index contributed by atoms with van der Waals surface area (Å²) in [6.45, 7) is 1.89. The van der Waals surface area contributed by atoms with E-state index in [4.69, 9.17) is 34.8 Å². The van der Waals surface area contributed by atoms with E-state index >= 15 is 0 Å². The van der Waals surface area contributed by atoms with Gasteiger partial charge in [0.2, 0.25) is 0 Å². The zero-order valence-corrected chi connectivity index (χ0v) is 12.9. The molecule has 0 bridgehead atoms. The summed E-state index contributed by atoms with van der Waals surface area (Å²) >= 11 is 17.7. The van der Waals surface area contributed by atoms with Crippen LogP contribution in [0.3, 0.4) is 0 Å². The molecule has 5 heteroatoms. The van der Waals surface area contributed by atoms with Gasteiger partial charge in [0.15, 0.2) is 0 Å². The molecule has 2 rings (SSSR count). The van der Waals surface area contributed by atoms with E-state index in [1.165, 1.54) is 0 Å². The van der Waals surface area contributed by atoms with Gasteiger partial charge < -0.3 is 5.32 Å². The van der Waals surface area contributed by atoms with Gasteiger partial charge in [0.1, 0.15) is 0 Å². The van der Waals surface area contributed by atoms with Crippen LogP contribution < -0.4 is 5.32 Å². The molecule has 104 valence electrons. The summed E-state index contributed by atoms with van der Waals surface area (Å²) in [5.41, 5.74) is 1.37. The first-order valence-corrected chi connectivity index (χ1v) is 7.12. The van der Waals surface area contributed by atoms with Crippen LogP contribution in [0.1, 0.15) is 28.9 Å². The molecule has 0 spiro atoms. The van der Waals surface area contributed by atoms with Crippen LogP contribution in [0, 0.1) is 0 Å². The number of carbonyl (C=O) groups excluding carboxylic acids is 1. The normalized spacial score (nSPS) is 12.0. The molecule has 0 aliphatic rings. The highest BCUT2D eigenvalue weighted by molar-refractivity contribution is 6.36. The summed E-state index contributed by atoms with van der Waals surface area (Å²) in [7, 11) is 0. The maximum atomic E-state index is 12.2. The molecule has 2 aromatic carbocycles. The van der Waals surface area contributed by atoms with Crippen LogP contribution in [-0.2, 0) is 0 Å². The van der Waals surface area contributed by atoms with Crippen molar-refractivity contribution in [2.24, 2.45) is 0 Å². The van der Waals surface area contributed by atoms with E-state index in [1.54, 1.807) is 30.3 Å². The highest BCUT2D eigenvalue weighted by atomic mass is 35.5. The van der Waals surface area contributed by atoms with Gasteiger partial charge in [-0.05, 0) is 42.8 Å². The molecule has 0 aliphatic heterocycles. The molecule has 1 N–H and O–H groups in total. The number of carbonyl (C=O) groups is 1. The molecule has 0 aliphatic carbocycles. The lowest BCUT2D eigenvalue weighted by atomic mass is 10.1. The highest BCUT2D eigenvalue weighted by Gasteiger charge is 2.14. The summed E-state index contributed by atoms with van der Waals surface area (Å²) in [4.78, 5) is 12.2. The number of rotatable bonds is 3. The molecular formula is C15H12Cl3NO. The summed E-state index contributed by atoms with van der Waals surface area (Å²) in [5, 5.41) is 4.37. The maximum absolute atomic E-state index is 12.2. The Balaban J connectivity index is 2.13. The van der Waals surface area contributed by atoms with Gasteiger partial charge in [0.25, 0.3) is 5.91 Å². The zero-order valence-electron chi connectivity index (χ0n) is 10.7. The molecule has 0 unspecified atom stereocenters. The van der Waals surface area contributed by atoms with Crippen molar-refractivity contribution >= 4 is 40.7 Å². The Hall–Kier alpha value is -1.22. The molecule has 0 saturated heterocycles. The van der Waals surface area contributed by atoms with E-state index < -0.39 is 0 Å². The van der Waals surface area contributed by atoms with Crippen LogP contribution in [0.15, 0.2) is 42.5 Å². The summed E-state index contributed by atoms with van der Waals surface area (Å²) in [5.74, 6) is -0.242. The summed E-state index contributed by atoms with van der Waals surface area (Å²) in [6.07, 6.45) is 0. The van der Waals surface area contributed by atoms with E-state index in [9.17, 15) is 4.79 Å². The third-order valence-corrected chi connectivity index (χ3v) is 3.69. The van der Waals surface area contributed by atoms with Crippen LogP contribution in [0.5, 0.6) is 0 Å². The first kappa shape index (κ1) is 15.2. The molecule has 0 heterocycles. The molecule has 0 radical (unpaired) electrons. The Morgan fingerprint density at radius 3 is 2.20 bits per heavy atom. The largest absolute Gasteiger partial charge is 0.345 e. The van der Waals surface area contributed by atoms with Crippen molar-refractivity contribution in [2.75, 3.05) is 0 Å². The minimum atomic E-state index is -0.242. The van der Waals surface area contributed by atoms with Crippen molar-refractivity contribution in [1.82, 2.24) is 5.32 Å². The number of nitrogens with one attached hydrogen (secondary N) is 1. The van der Waals surface area contributed by atoms with Crippen LogP contribution in [0.4, 0.5) is 0 Å². The van der Waals surface area contributed by atoms with Crippen molar-refractivity contribution in [3.63, 3.8) is 0 Å². The van der Waals surface area contributed by atoms with Crippen LogP contribution in [0.25, 0.3) is 0 Å². The number of hydrogen-bond donors (Lipinski definition) is 1. The van der Waals surface area contributed by atoms with Crippen molar-refractivity contribution in [1.29, 1.82) is 0 Å². The SMILES string of the molecule is C[C@@H](NC(=O)c1ccc(Cl)cc1Cl)c1ccc(Cl)cc1. The Bertz CT molecular complexity index is 626. The molecule has 1 amide bonds. The van der Waals surface area contributed by atoms with Crippen molar-refractivity contribution < 1.29 is 4.79 Å². The van der Waals surface area contributed by atoms with Crippen LogP contribution >= 0.6 is 34.8 Å². The lowest BCUT2D eigenvalue weighted by molar-refractivity contribution is 0.0940. The van der Waals surface area contributed by atoms with Crippen molar-refractivity contribution in [3.05, 3.63) is 68.7 Å². The fourth-order valence-electron chi connectivity index (χ4n) is 1.78. The van der Waals surface area contributed by atoms with E-state index in [1.807, 2.05) is 19.1 Å². The summed E-state index contributed by atoms with van der Waals surface area (Å²) < 4.78 is 0. The minimum absolute atomic E-state index is 0.147. The van der Waals surface area contributed by atoms with E-state index in [0.717, 1.165) is 5.56 Å². The van der Waals surface area contributed by atoms with Crippen molar-refractivity contribution in [3.8, 4) is 0 Å². The number of halogens is 3. The average Bonchev–Trinajstić information content (AvgIpc) is 2.39. The van der Waals surface area contributed by atoms with Gasteiger partial charge in [0, 0.05) is 10.0 Å². The van der Waals surface area contributed by atoms with Gasteiger partial charge in [-0.3, -0.25) is 4.79 Å². The van der Waals surface area contributed by atoms with Crippen molar-refractivity contribution in [2.45, 2.75) is 13.0 Å². The molecule has 0 saturated carbocycles. The average molecular weight is 329 g/mol. The van der Waals surface area contributed by atoms with Gasteiger partial charge in [-0.1, -0.05) is 46.9 Å². The van der Waals surface area contributed by atoms with Gasteiger partial charge in [-0.2, -0.15) is 0 Å². The lowest BCUT2D eigenvalue weighted by Crippen LogP contribution is -2.26. The lowest BCUT2D eigenvalue weighted by Gasteiger charge is -2.15. The monoisotopic (exact) mass is 327 g/mol. The topological polar surface area (TPSA) is 29.1 Å². The van der Waals surface area contributed by atoms with E-state index in [0.29, 0.717) is 20.6 Å². The standard InChI is InChI=1S/C15H12Cl3NO/c1-9(10-2-4-11(16)5-3-10)19-15(20)13-7-6-12(17)8-14(13)18/h2-9H,1H3,(H,19,20)/t9-/m1/s1. The molecular weight excluding hydrogens is 317 g/mol. The van der Waals surface area contributed by atoms with Crippen LogP contribution in [0.2, 0.25) is 15.1 Å². The highest BCUT2D eigenvalue weighted by Crippen LogP contribution is 2.22. The van der Waals surface area contributed by atoms with Gasteiger partial charge in [-0.15, -0.1) is 0 Å². The Morgan fingerprint density at radius 2 is 1.60 bits per heavy atom. The molecule has 0 aromatic heterocycles. The third-order valence-electron chi connectivity index (χ3n) is 2.89. The zero-order chi connectivity index (χ0) is 14.7. The first-order valence-electron chi connectivity index (χ1n) is 5.99. The Kier molecular flexibility index (Phi) is 4.92. The number of amides is 1. The molecule has 2 aromatic rings. The predicted octanol–water partition coefficient (Wildman–Crippen LogP) is 5.14. The third kappa shape index (κ3) is 3.66. The van der Waals surface area contributed by atoms with Gasteiger partial charge in [-0.25, -0.2) is 0 Å². The summed E-state index contributed by atoms with van der Waals surface area (Å²) in [6, 6.07) is 12.0. The predicted molar refractivity (Wildman–Crippen MR) is 83.8 cm³/mol. The second-order valence-corrected chi connectivity index (χ2v) is 5.65. The first-order chi connectivity index (χ1) is 9.47. The van der Waals surface area contributed by atoms with E-state index in [2.05, 4.69) is 5.32 Å². The molecule has 2 nitrogen and oxygen atoms in total. The maximum Gasteiger partial charge on any atom is 0.253 e. The molecule has 0 fully saturated rings. The van der Waals surface area contributed by atoms with Gasteiger partial charge >= 0.3 is 0 Å². The smallest absolute Gasteiger partial charge is 0.253 e. The molecule has 20 heavy (non-hydrogen) atoms.